The van der Waals surface area contributed by atoms with Crippen LogP contribution in [0, 0.1) is 0 Å². The van der Waals surface area contributed by atoms with Crippen LogP contribution in [0.15, 0.2) is 41.8 Å². The summed E-state index contributed by atoms with van der Waals surface area (Å²) in [7, 11) is 0. The summed E-state index contributed by atoms with van der Waals surface area (Å²) in [6, 6.07) is 8.03. The number of nitrogens with one attached hydrogen (secondary N) is 2. The molecule has 2 heterocycles. The van der Waals surface area contributed by atoms with E-state index >= 15 is 0 Å². The first-order valence-corrected chi connectivity index (χ1v) is 7.96. The third kappa shape index (κ3) is 3.52. The molecule has 2 aromatic heterocycles. The van der Waals surface area contributed by atoms with E-state index in [1.165, 1.54) is 0 Å². The number of hydrogen-bond donors (Lipinski definition) is 2. The first-order chi connectivity index (χ1) is 10.3. The van der Waals surface area contributed by atoms with Crippen molar-refractivity contribution in [3.8, 4) is 0 Å². The molecule has 6 heteroatoms. The van der Waals surface area contributed by atoms with Crippen molar-refractivity contribution in [2.75, 3.05) is 11.9 Å². The topological polar surface area (TPSA) is 66.5 Å². The van der Waals surface area contributed by atoms with Gasteiger partial charge in [-0.05, 0) is 18.6 Å². The molecule has 0 radical (unpaired) electrons. The third-order valence-electron chi connectivity index (χ3n) is 2.99. The molecular formula is C15H17N5S. The number of anilines is 1. The van der Waals surface area contributed by atoms with Crippen LogP contribution in [-0.4, -0.2) is 26.5 Å². The van der Waals surface area contributed by atoms with E-state index in [4.69, 9.17) is 0 Å². The first-order valence-electron chi connectivity index (χ1n) is 6.97. The van der Waals surface area contributed by atoms with Crippen molar-refractivity contribution >= 4 is 28.6 Å². The molecule has 1 aromatic carbocycles. The fourth-order valence-corrected chi connectivity index (χ4v) is 2.69. The first kappa shape index (κ1) is 13.9. The van der Waals surface area contributed by atoms with Gasteiger partial charge in [0.2, 0.25) is 0 Å². The lowest BCUT2D eigenvalue weighted by Crippen LogP contribution is -2.02. The Hall–Kier alpha value is -2.08. The standard InChI is InChI=1S/C15H17N5S/c1-2-7-16-14-9-17-11(8-18-14)10-21-15-19-12-5-3-4-6-13(12)20-15/h3-6,8-9H,2,7,10H2,1H3,(H,16,18)(H,19,20). The van der Waals surface area contributed by atoms with E-state index in [1.54, 1.807) is 18.0 Å². The van der Waals surface area contributed by atoms with E-state index in [0.717, 1.165) is 46.4 Å². The molecule has 0 saturated heterocycles. The Morgan fingerprint density at radius 1 is 1.19 bits per heavy atom. The summed E-state index contributed by atoms with van der Waals surface area (Å²) in [4.78, 5) is 16.6. The van der Waals surface area contributed by atoms with Crippen molar-refractivity contribution in [3.63, 3.8) is 0 Å². The van der Waals surface area contributed by atoms with Crippen LogP contribution in [0.2, 0.25) is 0 Å². The number of hydrogen-bond acceptors (Lipinski definition) is 5. The van der Waals surface area contributed by atoms with Crippen molar-refractivity contribution < 1.29 is 0 Å². The molecule has 3 aromatic rings. The lowest BCUT2D eigenvalue weighted by Gasteiger charge is -2.03. The molecule has 0 unspecified atom stereocenters. The van der Waals surface area contributed by atoms with Crippen LogP contribution in [0.4, 0.5) is 5.82 Å². The van der Waals surface area contributed by atoms with Crippen LogP contribution in [0.25, 0.3) is 11.0 Å². The van der Waals surface area contributed by atoms with Gasteiger partial charge in [-0.15, -0.1) is 0 Å². The van der Waals surface area contributed by atoms with E-state index < -0.39 is 0 Å². The minimum atomic E-state index is 0.751. The van der Waals surface area contributed by atoms with E-state index in [1.807, 2.05) is 30.5 Å². The zero-order valence-corrected chi connectivity index (χ0v) is 12.7. The number of aromatic amines is 1. The minimum Gasteiger partial charge on any atom is -0.369 e. The van der Waals surface area contributed by atoms with Crippen LogP contribution in [0.1, 0.15) is 19.0 Å². The predicted octanol–water partition coefficient (Wildman–Crippen LogP) is 3.47. The van der Waals surface area contributed by atoms with Crippen LogP contribution < -0.4 is 5.32 Å². The normalized spacial score (nSPS) is 10.9. The number of nitrogens with zero attached hydrogens (tertiary/aromatic N) is 3. The molecule has 2 N–H and O–H groups in total. The van der Waals surface area contributed by atoms with Crippen LogP contribution >= 0.6 is 11.8 Å². The summed E-state index contributed by atoms with van der Waals surface area (Å²) in [5.41, 5.74) is 3.00. The molecule has 108 valence electrons. The third-order valence-corrected chi connectivity index (χ3v) is 3.89. The van der Waals surface area contributed by atoms with Gasteiger partial charge in [-0.25, -0.2) is 9.97 Å². The van der Waals surface area contributed by atoms with Gasteiger partial charge in [-0.2, -0.15) is 0 Å². The molecule has 0 aliphatic rings. The number of thioether (sulfide) groups is 1. The highest BCUT2D eigenvalue weighted by Crippen LogP contribution is 2.22. The Bertz CT molecular complexity index is 674. The number of rotatable bonds is 6. The summed E-state index contributed by atoms with van der Waals surface area (Å²) < 4.78 is 0. The number of H-pyrrole nitrogens is 1. The summed E-state index contributed by atoms with van der Waals surface area (Å²) in [6.45, 7) is 3.04. The second kappa shape index (κ2) is 6.58. The Labute approximate surface area is 127 Å². The van der Waals surface area contributed by atoms with Crippen molar-refractivity contribution in [2.24, 2.45) is 0 Å². The number of benzene rings is 1. The molecule has 0 spiro atoms. The average Bonchev–Trinajstić information content (AvgIpc) is 2.95. The van der Waals surface area contributed by atoms with Gasteiger partial charge in [-0.3, -0.25) is 4.98 Å². The van der Waals surface area contributed by atoms with Crippen molar-refractivity contribution in [2.45, 2.75) is 24.3 Å². The molecule has 0 saturated carbocycles. The minimum absolute atomic E-state index is 0.751. The highest BCUT2D eigenvalue weighted by molar-refractivity contribution is 7.98. The smallest absolute Gasteiger partial charge is 0.166 e. The lowest BCUT2D eigenvalue weighted by atomic mass is 10.3. The van der Waals surface area contributed by atoms with Crippen molar-refractivity contribution in [3.05, 3.63) is 42.4 Å². The molecule has 0 aliphatic heterocycles. The van der Waals surface area contributed by atoms with Gasteiger partial charge in [0.25, 0.3) is 0 Å². The van der Waals surface area contributed by atoms with Gasteiger partial charge < -0.3 is 10.3 Å². The van der Waals surface area contributed by atoms with Crippen LogP contribution in [-0.2, 0) is 5.75 Å². The Balaban J connectivity index is 1.61. The largest absolute Gasteiger partial charge is 0.369 e. The fraction of sp³-hybridized carbons (Fsp3) is 0.267. The molecule has 21 heavy (non-hydrogen) atoms. The fourth-order valence-electron chi connectivity index (χ4n) is 1.91. The zero-order valence-electron chi connectivity index (χ0n) is 11.8. The molecule has 0 aliphatic carbocycles. The van der Waals surface area contributed by atoms with E-state index in [9.17, 15) is 0 Å². The Kier molecular flexibility index (Phi) is 4.35. The lowest BCUT2D eigenvalue weighted by molar-refractivity contribution is 0.959. The molecular weight excluding hydrogens is 282 g/mol. The van der Waals surface area contributed by atoms with E-state index in [2.05, 4.69) is 32.2 Å². The Morgan fingerprint density at radius 3 is 2.86 bits per heavy atom. The number of fused-ring (bicyclic) bond motifs is 1. The van der Waals surface area contributed by atoms with Crippen LogP contribution in [0.5, 0.6) is 0 Å². The highest BCUT2D eigenvalue weighted by Gasteiger charge is 2.04. The quantitative estimate of drug-likeness (QED) is 0.682. The molecule has 3 rings (SSSR count). The number of para-hydroxylation sites is 2. The second-order valence-corrected chi connectivity index (χ2v) is 5.63. The van der Waals surface area contributed by atoms with Gasteiger partial charge in [0.05, 0.1) is 29.1 Å². The molecule has 0 amide bonds. The predicted molar refractivity (Wildman–Crippen MR) is 86.5 cm³/mol. The second-order valence-electron chi connectivity index (χ2n) is 4.67. The van der Waals surface area contributed by atoms with Crippen LogP contribution in [0.3, 0.4) is 0 Å². The summed E-state index contributed by atoms with van der Waals surface area (Å²) in [5.74, 6) is 1.58. The summed E-state index contributed by atoms with van der Waals surface area (Å²) in [6.07, 6.45) is 4.67. The Morgan fingerprint density at radius 2 is 2.10 bits per heavy atom. The van der Waals surface area contributed by atoms with E-state index in [-0.39, 0.29) is 0 Å². The summed E-state index contributed by atoms with van der Waals surface area (Å²) in [5, 5.41) is 4.12. The molecule has 0 bridgehead atoms. The number of imidazole rings is 1. The maximum absolute atomic E-state index is 4.53. The van der Waals surface area contributed by atoms with Gasteiger partial charge in [0.1, 0.15) is 5.82 Å². The molecule has 5 nitrogen and oxygen atoms in total. The van der Waals surface area contributed by atoms with Gasteiger partial charge in [0.15, 0.2) is 5.16 Å². The molecule has 0 atom stereocenters. The average molecular weight is 299 g/mol. The zero-order chi connectivity index (χ0) is 14.5. The molecule has 0 fully saturated rings. The van der Waals surface area contributed by atoms with Gasteiger partial charge >= 0.3 is 0 Å². The summed E-state index contributed by atoms with van der Waals surface area (Å²) >= 11 is 1.63. The number of aromatic nitrogens is 4. The van der Waals surface area contributed by atoms with E-state index in [0.29, 0.717) is 0 Å². The maximum Gasteiger partial charge on any atom is 0.166 e. The van der Waals surface area contributed by atoms with Gasteiger partial charge in [-0.1, -0.05) is 30.8 Å². The monoisotopic (exact) mass is 299 g/mol. The SMILES string of the molecule is CCCNc1cnc(CSc2nc3ccccc3[nH]2)cn1. The van der Waals surface area contributed by atoms with Crippen molar-refractivity contribution in [1.29, 1.82) is 0 Å². The maximum atomic E-state index is 4.53. The van der Waals surface area contributed by atoms with Gasteiger partial charge in [0, 0.05) is 12.3 Å². The van der Waals surface area contributed by atoms with Crippen molar-refractivity contribution in [1.82, 2.24) is 19.9 Å². The highest BCUT2D eigenvalue weighted by atomic mass is 32.2.